The van der Waals surface area contributed by atoms with E-state index in [1.807, 2.05) is 48.5 Å². The first-order valence-electron chi connectivity index (χ1n) is 9.53. The van der Waals surface area contributed by atoms with Gasteiger partial charge < -0.3 is 19.2 Å². The smallest absolute Gasteiger partial charge is 0.291 e. The van der Waals surface area contributed by atoms with Crippen LogP contribution in [-0.2, 0) is 13.2 Å². The molecule has 0 spiro atoms. The first kappa shape index (κ1) is 20.7. The molecule has 7 nitrogen and oxygen atoms in total. The molecule has 0 aliphatic carbocycles. The van der Waals surface area contributed by atoms with Crippen LogP contribution in [0.4, 0.5) is 5.69 Å². The monoisotopic (exact) mass is 481 g/mol. The van der Waals surface area contributed by atoms with Crippen molar-refractivity contribution in [2.24, 2.45) is 0 Å². The van der Waals surface area contributed by atoms with E-state index in [0.29, 0.717) is 23.7 Å². The first-order valence-corrected chi connectivity index (χ1v) is 10.3. The zero-order valence-electron chi connectivity index (χ0n) is 16.7. The highest BCUT2D eigenvalue weighted by Crippen LogP contribution is 2.25. The number of para-hydroxylation sites is 1. The average molecular weight is 482 g/mol. The summed E-state index contributed by atoms with van der Waals surface area (Å²) in [5.74, 6) is 1.89. The van der Waals surface area contributed by atoms with Crippen molar-refractivity contribution in [2.75, 3.05) is 12.4 Å². The molecule has 4 rings (SSSR count). The lowest BCUT2D eigenvalue weighted by Crippen LogP contribution is -2.10. The van der Waals surface area contributed by atoms with E-state index in [1.54, 1.807) is 36.3 Å². The molecule has 1 amide bonds. The number of hydrogen-bond acceptors (Lipinski definition) is 5. The number of ether oxygens (including phenoxy) is 2. The van der Waals surface area contributed by atoms with E-state index in [0.717, 1.165) is 15.8 Å². The van der Waals surface area contributed by atoms with E-state index >= 15 is 0 Å². The standard InChI is InChI=1S/C23H20BrN3O4/c1-29-18-6-4-5-16(11-18)13-27-14-17(12-25-27)26-23(28)22-10-9-19(31-22)15-30-21-8-3-2-7-20(21)24/h2-12,14H,13,15H2,1H3,(H,26,28). The van der Waals surface area contributed by atoms with Crippen LogP contribution >= 0.6 is 15.9 Å². The van der Waals surface area contributed by atoms with Gasteiger partial charge in [0.05, 0.1) is 30.0 Å². The number of carbonyl (C=O) groups is 1. The van der Waals surface area contributed by atoms with Crippen LogP contribution < -0.4 is 14.8 Å². The number of hydrogen-bond donors (Lipinski definition) is 1. The second kappa shape index (κ2) is 9.53. The fourth-order valence-electron chi connectivity index (χ4n) is 2.95. The third kappa shape index (κ3) is 5.35. The second-order valence-electron chi connectivity index (χ2n) is 6.72. The Bertz CT molecular complexity index is 1180. The quantitative estimate of drug-likeness (QED) is 0.377. The molecule has 0 saturated heterocycles. The molecule has 0 aliphatic heterocycles. The van der Waals surface area contributed by atoms with Crippen molar-refractivity contribution < 1.29 is 18.7 Å². The average Bonchev–Trinajstić information content (AvgIpc) is 3.43. The minimum atomic E-state index is -0.354. The maximum absolute atomic E-state index is 12.5. The highest BCUT2D eigenvalue weighted by atomic mass is 79.9. The molecule has 0 radical (unpaired) electrons. The Morgan fingerprint density at radius 2 is 2.03 bits per heavy atom. The minimum absolute atomic E-state index is 0.200. The Hall–Kier alpha value is -3.52. The van der Waals surface area contributed by atoms with Crippen molar-refractivity contribution in [2.45, 2.75) is 13.2 Å². The SMILES string of the molecule is COc1cccc(Cn2cc(NC(=O)c3ccc(COc4ccccc4Br)o3)cn2)c1. The first-order chi connectivity index (χ1) is 15.1. The molecular formula is C23H20BrN3O4. The van der Waals surface area contributed by atoms with Crippen molar-refractivity contribution >= 4 is 27.5 Å². The largest absolute Gasteiger partial charge is 0.497 e. The molecule has 0 fully saturated rings. The lowest BCUT2D eigenvalue weighted by Gasteiger charge is -2.06. The molecule has 0 saturated carbocycles. The van der Waals surface area contributed by atoms with Gasteiger partial charge in [-0.1, -0.05) is 24.3 Å². The Kier molecular flexibility index (Phi) is 6.37. The van der Waals surface area contributed by atoms with E-state index in [9.17, 15) is 4.79 Å². The molecule has 31 heavy (non-hydrogen) atoms. The van der Waals surface area contributed by atoms with Crippen LogP contribution in [0.25, 0.3) is 0 Å². The summed E-state index contributed by atoms with van der Waals surface area (Å²) in [6.07, 6.45) is 3.36. The van der Waals surface area contributed by atoms with Gasteiger partial charge in [0.2, 0.25) is 0 Å². The Morgan fingerprint density at radius 1 is 1.16 bits per heavy atom. The van der Waals surface area contributed by atoms with Crippen molar-refractivity contribution in [1.82, 2.24) is 9.78 Å². The topological polar surface area (TPSA) is 78.5 Å². The summed E-state index contributed by atoms with van der Waals surface area (Å²) in [5.41, 5.74) is 1.62. The number of nitrogens with one attached hydrogen (secondary N) is 1. The molecule has 0 bridgehead atoms. The molecule has 2 aromatic carbocycles. The van der Waals surface area contributed by atoms with Gasteiger partial charge >= 0.3 is 0 Å². The van der Waals surface area contributed by atoms with Gasteiger partial charge in [0, 0.05) is 6.20 Å². The zero-order chi connectivity index (χ0) is 21.6. The molecule has 0 aliphatic rings. The van der Waals surface area contributed by atoms with Gasteiger partial charge in [-0.15, -0.1) is 0 Å². The highest BCUT2D eigenvalue weighted by molar-refractivity contribution is 9.10. The minimum Gasteiger partial charge on any atom is -0.497 e. The van der Waals surface area contributed by atoms with Crippen LogP contribution in [0.5, 0.6) is 11.5 Å². The summed E-state index contributed by atoms with van der Waals surface area (Å²) in [4.78, 5) is 12.5. The molecule has 4 aromatic rings. The van der Waals surface area contributed by atoms with Crippen molar-refractivity contribution in [3.8, 4) is 11.5 Å². The Morgan fingerprint density at radius 3 is 2.87 bits per heavy atom. The number of rotatable bonds is 8. The van der Waals surface area contributed by atoms with Crippen molar-refractivity contribution in [3.05, 3.63) is 94.6 Å². The molecular weight excluding hydrogens is 462 g/mol. The predicted molar refractivity (Wildman–Crippen MR) is 119 cm³/mol. The van der Waals surface area contributed by atoms with Gasteiger partial charge in [0.1, 0.15) is 23.9 Å². The predicted octanol–water partition coefficient (Wildman–Crippen LogP) is 5.13. The summed E-state index contributed by atoms with van der Waals surface area (Å²) in [6.45, 7) is 0.777. The number of methoxy groups -OCH3 is 1. The van der Waals surface area contributed by atoms with E-state index in [-0.39, 0.29) is 18.3 Å². The van der Waals surface area contributed by atoms with E-state index in [4.69, 9.17) is 13.9 Å². The Labute approximate surface area is 187 Å². The zero-order valence-corrected chi connectivity index (χ0v) is 18.3. The van der Waals surface area contributed by atoms with E-state index in [2.05, 4.69) is 26.3 Å². The molecule has 0 atom stereocenters. The number of anilines is 1. The number of nitrogens with zero attached hydrogens (tertiary/aromatic N) is 2. The van der Waals surface area contributed by atoms with Crippen LogP contribution in [-0.4, -0.2) is 22.8 Å². The fraction of sp³-hybridized carbons (Fsp3) is 0.130. The third-order valence-corrected chi connectivity index (χ3v) is 5.12. The molecule has 158 valence electrons. The summed E-state index contributed by atoms with van der Waals surface area (Å²) in [5, 5.41) is 7.09. The second-order valence-corrected chi connectivity index (χ2v) is 7.57. The molecule has 8 heteroatoms. The number of carbonyl (C=O) groups excluding carboxylic acids is 1. The van der Waals surface area contributed by atoms with Crippen molar-refractivity contribution in [1.29, 1.82) is 0 Å². The lowest BCUT2D eigenvalue weighted by atomic mass is 10.2. The lowest BCUT2D eigenvalue weighted by molar-refractivity contribution is 0.0992. The van der Waals surface area contributed by atoms with Crippen molar-refractivity contribution in [3.63, 3.8) is 0 Å². The molecule has 2 heterocycles. The number of aromatic nitrogens is 2. The highest BCUT2D eigenvalue weighted by Gasteiger charge is 2.13. The summed E-state index contributed by atoms with van der Waals surface area (Å²) >= 11 is 3.43. The summed E-state index contributed by atoms with van der Waals surface area (Å²) in [7, 11) is 1.63. The number of furan rings is 1. The van der Waals surface area contributed by atoms with Crippen LogP contribution in [0, 0.1) is 0 Å². The van der Waals surface area contributed by atoms with Gasteiger partial charge in [0.25, 0.3) is 5.91 Å². The maximum atomic E-state index is 12.5. The maximum Gasteiger partial charge on any atom is 0.291 e. The van der Waals surface area contributed by atoms with Gasteiger partial charge in [0.15, 0.2) is 5.76 Å². The molecule has 0 unspecified atom stereocenters. The molecule has 1 N–H and O–H groups in total. The summed E-state index contributed by atoms with van der Waals surface area (Å²) < 4.78 is 19.2. The number of amides is 1. The number of benzene rings is 2. The Balaban J connectivity index is 1.34. The number of halogens is 1. The van der Waals surface area contributed by atoms with Crippen LogP contribution in [0.3, 0.4) is 0 Å². The molecule has 2 aromatic heterocycles. The summed E-state index contributed by atoms with van der Waals surface area (Å²) in [6, 6.07) is 18.6. The van der Waals surface area contributed by atoms with Gasteiger partial charge in [-0.05, 0) is 57.9 Å². The van der Waals surface area contributed by atoms with E-state index < -0.39 is 0 Å². The normalized spacial score (nSPS) is 10.6. The third-order valence-electron chi connectivity index (χ3n) is 4.46. The van der Waals surface area contributed by atoms with Crippen LogP contribution in [0.15, 0.2) is 81.9 Å². The van der Waals surface area contributed by atoms with Gasteiger partial charge in [-0.2, -0.15) is 5.10 Å². The van der Waals surface area contributed by atoms with Gasteiger partial charge in [-0.25, -0.2) is 0 Å². The fourth-order valence-corrected chi connectivity index (χ4v) is 3.35. The van der Waals surface area contributed by atoms with Gasteiger partial charge in [-0.3, -0.25) is 9.48 Å². The van der Waals surface area contributed by atoms with Crippen LogP contribution in [0.1, 0.15) is 21.9 Å². The van der Waals surface area contributed by atoms with E-state index in [1.165, 1.54) is 0 Å². The van der Waals surface area contributed by atoms with Crippen LogP contribution in [0.2, 0.25) is 0 Å².